The number of rotatable bonds is 6. The topological polar surface area (TPSA) is 85.4 Å². The Morgan fingerprint density at radius 2 is 1.44 bits per heavy atom. The fourth-order valence-electron chi connectivity index (χ4n) is 2.38. The Labute approximate surface area is 157 Å². The van der Waals surface area contributed by atoms with Crippen molar-refractivity contribution in [1.29, 1.82) is 0 Å². The Hall–Kier alpha value is -3.61. The van der Waals surface area contributed by atoms with Gasteiger partial charge in [-0.25, -0.2) is 0 Å². The number of aromatic nitrogens is 2. The first-order chi connectivity index (χ1) is 13.1. The molecule has 0 unspecified atom stereocenters. The summed E-state index contributed by atoms with van der Waals surface area (Å²) < 4.78 is 10.4. The first kappa shape index (κ1) is 18.2. The van der Waals surface area contributed by atoms with E-state index < -0.39 is 0 Å². The number of benzene rings is 2. The van der Waals surface area contributed by atoms with Gasteiger partial charge in [-0.15, -0.1) is 10.2 Å². The van der Waals surface area contributed by atoms with Crippen LogP contribution < -0.4 is 20.1 Å². The van der Waals surface area contributed by atoms with Crippen molar-refractivity contribution >= 4 is 23.2 Å². The maximum Gasteiger partial charge on any atom is 0.257 e. The number of ether oxygens (including phenoxy) is 2. The quantitative estimate of drug-likeness (QED) is 0.692. The normalized spacial score (nSPS) is 10.2. The number of carbonyl (C=O) groups excluding carboxylic acids is 1. The Bertz CT molecular complexity index is 903. The molecule has 2 aromatic carbocycles. The predicted octanol–water partition coefficient (Wildman–Crippen LogP) is 3.80. The summed E-state index contributed by atoms with van der Waals surface area (Å²) in [7, 11) is 3.06. The first-order valence-corrected chi connectivity index (χ1v) is 8.29. The molecule has 0 bridgehead atoms. The van der Waals surface area contributed by atoms with Gasteiger partial charge < -0.3 is 20.1 Å². The van der Waals surface area contributed by atoms with Crippen LogP contribution >= 0.6 is 0 Å². The second-order valence-corrected chi connectivity index (χ2v) is 5.85. The van der Waals surface area contributed by atoms with Gasteiger partial charge in [-0.1, -0.05) is 17.7 Å². The van der Waals surface area contributed by atoms with Crippen molar-refractivity contribution in [3.8, 4) is 11.5 Å². The number of hydrogen-bond donors (Lipinski definition) is 2. The van der Waals surface area contributed by atoms with Gasteiger partial charge in [-0.05, 0) is 43.3 Å². The fraction of sp³-hybridized carbons (Fsp3) is 0.150. The molecular formula is C20H20N4O3. The van der Waals surface area contributed by atoms with E-state index in [2.05, 4.69) is 20.8 Å². The maximum atomic E-state index is 12.5. The number of amides is 1. The molecule has 27 heavy (non-hydrogen) atoms. The van der Waals surface area contributed by atoms with E-state index in [4.69, 9.17) is 9.47 Å². The molecule has 3 rings (SSSR count). The Morgan fingerprint density at radius 1 is 0.852 bits per heavy atom. The van der Waals surface area contributed by atoms with Crippen LogP contribution in [0.25, 0.3) is 0 Å². The van der Waals surface area contributed by atoms with Crippen molar-refractivity contribution in [3.05, 3.63) is 65.7 Å². The van der Waals surface area contributed by atoms with Crippen molar-refractivity contribution in [1.82, 2.24) is 10.2 Å². The molecule has 3 aromatic rings. The zero-order chi connectivity index (χ0) is 19.2. The van der Waals surface area contributed by atoms with Crippen molar-refractivity contribution < 1.29 is 14.3 Å². The minimum atomic E-state index is -0.333. The highest BCUT2D eigenvalue weighted by molar-refractivity contribution is 6.04. The summed E-state index contributed by atoms with van der Waals surface area (Å²) in [5, 5.41) is 14.0. The van der Waals surface area contributed by atoms with E-state index in [1.165, 1.54) is 19.8 Å². The summed E-state index contributed by atoms with van der Waals surface area (Å²) in [5.74, 6) is 1.66. The molecule has 0 saturated carbocycles. The number of anilines is 3. The fourth-order valence-corrected chi connectivity index (χ4v) is 2.38. The lowest BCUT2D eigenvalue weighted by Crippen LogP contribution is -2.14. The molecular weight excluding hydrogens is 344 g/mol. The van der Waals surface area contributed by atoms with Crippen LogP contribution in [-0.4, -0.2) is 30.3 Å². The second kappa shape index (κ2) is 8.18. The number of hydrogen-bond acceptors (Lipinski definition) is 6. The lowest BCUT2D eigenvalue weighted by Gasteiger charge is -2.09. The van der Waals surface area contributed by atoms with E-state index in [-0.39, 0.29) is 5.91 Å². The third-order valence-corrected chi connectivity index (χ3v) is 3.84. The summed E-state index contributed by atoms with van der Waals surface area (Å²) in [6, 6.07) is 16.3. The third kappa shape index (κ3) is 4.72. The van der Waals surface area contributed by atoms with Crippen molar-refractivity contribution in [2.24, 2.45) is 0 Å². The summed E-state index contributed by atoms with van der Waals surface area (Å²) in [5.41, 5.74) is 2.49. The van der Waals surface area contributed by atoms with Crippen molar-refractivity contribution in [2.45, 2.75) is 6.92 Å². The first-order valence-electron chi connectivity index (χ1n) is 8.29. The minimum Gasteiger partial charge on any atom is -0.497 e. The Morgan fingerprint density at radius 3 is 2.00 bits per heavy atom. The number of carbonyl (C=O) groups is 1. The van der Waals surface area contributed by atoms with Crippen LogP contribution in [0.3, 0.4) is 0 Å². The van der Waals surface area contributed by atoms with Crippen LogP contribution in [0.5, 0.6) is 11.5 Å². The molecule has 0 aliphatic heterocycles. The lowest BCUT2D eigenvalue weighted by atomic mass is 10.2. The van der Waals surface area contributed by atoms with Gasteiger partial charge >= 0.3 is 0 Å². The molecule has 0 aliphatic carbocycles. The van der Waals surface area contributed by atoms with Gasteiger partial charge in [0.1, 0.15) is 11.5 Å². The van der Waals surface area contributed by atoms with E-state index in [0.29, 0.717) is 28.7 Å². The van der Waals surface area contributed by atoms with Gasteiger partial charge in [-0.2, -0.15) is 0 Å². The third-order valence-electron chi connectivity index (χ3n) is 3.84. The molecule has 0 spiro atoms. The average Bonchev–Trinajstić information content (AvgIpc) is 2.70. The molecule has 0 radical (unpaired) electrons. The molecule has 0 atom stereocenters. The second-order valence-electron chi connectivity index (χ2n) is 5.85. The monoisotopic (exact) mass is 364 g/mol. The molecule has 1 aromatic heterocycles. The van der Waals surface area contributed by atoms with Gasteiger partial charge in [0.05, 0.1) is 14.2 Å². The zero-order valence-electron chi connectivity index (χ0n) is 15.3. The summed E-state index contributed by atoms with van der Waals surface area (Å²) in [6.45, 7) is 2.03. The van der Waals surface area contributed by atoms with Crippen LogP contribution in [-0.2, 0) is 0 Å². The largest absolute Gasteiger partial charge is 0.497 e. The van der Waals surface area contributed by atoms with Crippen LogP contribution in [0.1, 0.15) is 15.9 Å². The summed E-state index contributed by atoms with van der Waals surface area (Å²) in [4.78, 5) is 12.5. The SMILES string of the molecule is COc1cc(OC)cc(C(=O)Nc2ccc(Nc3ccc(C)cc3)nn2)c1. The van der Waals surface area contributed by atoms with E-state index in [1.54, 1.807) is 30.3 Å². The standard InChI is InChI=1S/C20H20N4O3/c1-13-4-6-15(7-5-13)21-18-8-9-19(24-23-18)22-20(25)14-10-16(26-2)12-17(11-14)27-3/h4-12H,1-3H3,(H,21,23)(H,22,24,25). The molecule has 2 N–H and O–H groups in total. The molecule has 0 fully saturated rings. The molecule has 7 nitrogen and oxygen atoms in total. The van der Waals surface area contributed by atoms with Crippen molar-refractivity contribution in [3.63, 3.8) is 0 Å². The van der Waals surface area contributed by atoms with Gasteiger partial charge in [-0.3, -0.25) is 4.79 Å². The number of nitrogens with one attached hydrogen (secondary N) is 2. The van der Waals surface area contributed by atoms with Gasteiger partial charge in [0.25, 0.3) is 5.91 Å². The average molecular weight is 364 g/mol. The van der Waals surface area contributed by atoms with Gasteiger partial charge in [0.15, 0.2) is 11.6 Å². The summed E-state index contributed by atoms with van der Waals surface area (Å²) in [6.07, 6.45) is 0. The smallest absolute Gasteiger partial charge is 0.257 e. The van der Waals surface area contributed by atoms with Crippen LogP contribution in [0.15, 0.2) is 54.6 Å². The molecule has 7 heteroatoms. The van der Waals surface area contributed by atoms with E-state index in [0.717, 1.165) is 5.69 Å². The summed E-state index contributed by atoms with van der Waals surface area (Å²) >= 11 is 0. The Balaban J connectivity index is 1.69. The molecule has 1 amide bonds. The molecule has 138 valence electrons. The van der Waals surface area contributed by atoms with E-state index in [1.807, 2.05) is 31.2 Å². The molecule has 1 heterocycles. The lowest BCUT2D eigenvalue weighted by molar-refractivity contribution is 0.102. The highest BCUT2D eigenvalue weighted by Gasteiger charge is 2.11. The van der Waals surface area contributed by atoms with E-state index in [9.17, 15) is 4.79 Å². The minimum absolute atomic E-state index is 0.333. The highest BCUT2D eigenvalue weighted by atomic mass is 16.5. The molecule has 0 aliphatic rings. The van der Waals surface area contributed by atoms with E-state index >= 15 is 0 Å². The highest BCUT2D eigenvalue weighted by Crippen LogP contribution is 2.23. The Kier molecular flexibility index (Phi) is 5.51. The van der Waals surface area contributed by atoms with Crippen LogP contribution in [0.4, 0.5) is 17.3 Å². The van der Waals surface area contributed by atoms with Gasteiger partial charge in [0, 0.05) is 17.3 Å². The van der Waals surface area contributed by atoms with Gasteiger partial charge in [0.2, 0.25) is 0 Å². The predicted molar refractivity (Wildman–Crippen MR) is 104 cm³/mol. The number of methoxy groups -OCH3 is 2. The van der Waals surface area contributed by atoms with Crippen LogP contribution in [0, 0.1) is 6.92 Å². The molecule has 0 saturated heterocycles. The van der Waals surface area contributed by atoms with Crippen LogP contribution in [0.2, 0.25) is 0 Å². The number of aryl methyl sites for hydroxylation is 1. The van der Waals surface area contributed by atoms with Crippen molar-refractivity contribution in [2.75, 3.05) is 24.9 Å². The zero-order valence-corrected chi connectivity index (χ0v) is 15.3. The maximum absolute atomic E-state index is 12.5. The number of nitrogens with zero attached hydrogens (tertiary/aromatic N) is 2.